The van der Waals surface area contributed by atoms with Crippen LogP contribution in [0.2, 0.25) is 0 Å². The van der Waals surface area contributed by atoms with Crippen molar-refractivity contribution in [3.63, 3.8) is 0 Å². The van der Waals surface area contributed by atoms with E-state index in [1.54, 1.807) is 0 Å². The molecule has 378 valence electrons. The van der Waals surface area contributed by atoms with Crippen molar-refractivity contribution >= 4 is 75.8 Å². The van der Waals surface area contributed by atoms with Crippen LogP contribution >= 0.6 is 0 Å². The predicted octanol–water partition coefficient (Wildman–Crippen LogP) is -2.48. The van der Waals surface area contributed by atoms with Crippen LogP contribution in [0.15, 0.2) is 0 Å². The minimum absolute atomic E-state index is 0. The van der Waals surface area contributed by atoms with E-state index in [4.69, 9.17) is 85.2 Å². The zero-order valence-electron chi connectivity index (χ0n) is 36.3. The first-order chi connectivity index (χ1) is 25.4. The van der Waals surface area contributed by atoms with E-state index in [2.05, 4.69) is 29.4 Å². The smallest absolute Gasteiger partial charge is 1.00 e. The summed E-state index contributed by atoms with van der Waals surface area (Å²) in [6.45, 7) is 32.4. The Kier molecular flexibility index (Phi) is 99.7. The van der Waals surface area contributed by atoms with Crippen molar-refractivity contribution in [3.05, 3.63) is 0 Å². The Balaban J connectivity index is -0.0000000772. The average molecular weight is 1310 g/mol. The molecule has 0 spiro atoms. The standard InChI is InChI=1S/3C10H22N2S2.2C4H10O.2BrH.2Cu.3Ni/c3*13-9-7-11-3-1-4-12(8-10-14)6-2-5-11;2*1-3-5-4-2;;;;;;;/h3*13-14H,1-10H2;2*3-4H2,1-2H3;2*1H;;;;;/q;;;;;;;2*+2;;;+2/p-8. The maximum Gasteiger partial charge on any atom is 2.00 e. The third-order valence-corrected chi connectivity index (χ3v) is 10.0. The third kappa shape index (κ3) is 59.3. The van der Waals surface area contributed by atoms with Gasteiger partial charge < -0.3 is 149 Å². The molecule has 21 heteroatoms. The number of hydrogen-bond donors (Lipinski definition) is 0. The second-order valence-corrected chi connectivity index (χ2v) is 15.4. The molecule has 3 fully saturated rings. The zero-order valence-corrected chi connectivity index (χ0v) is 49.2. The van der Waals surface area contributed by atoms with Crippen molar-refractivity contribution in [1.29, 1.82) is 0 Å². The topological polar surface area (TPSA) is 37.9 Å². The van der Waals surface area contributed by atoms with Crippen molar-refractivity contribution in [2.75, 3.05) is 179 Å². The fraction of sp³-hybridized carbons (Fsp3) is 1.00. The van der Waals surface area contributed by atoms with Gasteiger partial charge in [0.15, 0.2) is 0 Å². The van der Waals surface area contributed by atoms with Crippen molar-refractivity contribution < 1.29 is 127 Å². The predicted molar refractivity (Wildman–Crippen MR) is 244 cm³/mol. The van der Waals surface area contributed by atoms with Gasteiger partial charge in [0.05, 0.1) is 0 Å². The molecule has 2 radical (unpaired) electrons. The molecule has 0 bridgehead atoms. The number of ether oxygens (including phenoxy) is 2. The van der Waals surface area contributed by atoms with Crippen molar-refractivity contribution in [1.82, 2.24) is 29.4 Å². The molecule has 3 saturated heterocycles. The molecular weight excluding hydrogens is 1230 g/mol. The summed E-state index contributed by atoms with van der Waals surface area (Å²) < 4.78 is 9.67. The first kappa shape index (κ1) is 84.2. The Morgan fingerprint density at radius 2 is 0.441 bits per heavy atom. The minimum atomic E-state index is 0. The van der Waals surface area contributed by atoms with E-state index >= 15 is 0 Å². The molecule has 0 N–H and O–H groups in total. The zero-order chi connectivity index (χ0) is 38.9. The van der Waals surface area contributed by atoms with Gasteiger partial charge in [0, 0.05) is 59.4 Å². The maximum atomic E-state index is 5.01. The second-order valence-electron chi connectivity index (χ2n) is 13.0. The largest absolute Gasteiger partial charge is 2.00 e. The molecule has 3 aliphatic heterocycles. The molecule has 0 amide bonds. The Morgan fingerprint density at radius 3 is 0.508 bits per heavy atom. The fourth-order valence-corrected chi connectivity index (χ4v) is 7.85. The number of nitrogens with zero attached hydrogens (tertiary/aromatic N) is 6. The van der Waals surface area contributed by atoms with Crippen LogP contribution in [-0.4, -0.2) is 208 Å². The van der Waals surface area contributed by atoms with E-state index in [0.29, 0.717) is 0 Å². The van der Waals surface area contributed by atoms with Crippen LogP contribution in [-0.2, 0) is 169 Å². The Hall–Kier alpha value is 5.26. The van der Waals surface area contributed by atoms with Gasteiger partial charge in [-0.05, 0) is 184 Å². The summed E-state index contributed by atoms with van der Waals surface area (Å²) in [7, 11) is 0. The summed E-state index contributed by atoms with van der Waals surface area (Å²) in [5, 5.41) is 0. The van der Waals surface area contributed by atoms with Gasteiger partial charge in [-0.25, -0.2) is 0 Å². The first-order valence-electron chi connectivity index (χ1n) is 20.4. The van der Waals surface area contributed by atoms with E-state index in [-0.39, 0.29) is 118 Å². The molecule has 0 aromatic heterocycles. The normalized spacial score (nSPS) is 17.0. The summed E-state index contributed by atoms with van der Waals surface area (Å²) >= 11 is 30.1. The second kappa shape index (κ2) is 69.8. The molecule has 3 rings (SSSR count). The molecule has 0 aliphatic carbocycles. The Bertz CT molecular complexity index is 569. The summed E-state index contributed by atoms with van der Waals surface area (Å²) in [6, 6.07) is 0. The van der Waals surface area contributed by atoms with E-state index < -0.39 is 0 Å². The fourth-order valence-electron chi connectivity index (χ4n) is 6.30. The molecule has 3 heterocycles. The average Bonchev–Trinajstić information content (AvgIpc) is 3.10. The van der Waals surface area contributed by atoms with Gasteiger partial charge in [-0.2, -0.15) is 34.5 Å². The molecular formula is C38H80Br2Cu2N6Ni3O2S6-2. The Labute approximate surface area is 471 Å². The van der Waals surface area contributed by atoms with E-state index in [9.17, 15) is 0 Å². The van der Waals surface area contributed by atoms with Crippen molar-refractivity contribution in [2.45, 2.75) is 66.2 Å². The Morgan fingerprint density at radius 1 is 0.322 bits per heavy atom. The molecule has 0 saturated carbocycles. The minimum Gasteiger partial charge on any atom is -1.00 e. The third-order valence-electron chi connectivity index (χ3n) is 8.95. The van der Waals surface area contributed by atoms with Gasteiger partial charge in [0.25, 0.3) is 0 Å². The molecule has 0 aromatic carbocycles. The SMILES string of the molecule is CCOCC.CCOCC.[Br-].[Br-].[Cu+2].[Cu+2].[Ni+2].[Ni].[Ni].[S-]CCN1CCCN(CC[S-])CCC1.[S-]CCN1CCCN(CC[S-])CCC1.[S-]CCN1CCCN(CC[S-])CCC1. The van der Waals surface area contributed by atoms with Crippen LogP contribution < -0.4 is 34.0 Å². The molecule has 59 heavy (non-hydrogen) atoms. The summed E-state index contributed by atoms with van der Waals surface area (Å²) in [5.41, 5.74) is 0. The summed E-state index contributed by atoms with van der Waals surface area (Å²) in [6.07, 6.45) is 7.61. The number of rotatable bonds is 16. The van der Waals surface area contributed by atoms with Gasteiger partial charge in [0.2, 0.25) is 0 Å². The van der Waals surface area contributed by atoms with E-state index in [0.717, 1.165) is 100 Å². The number of hydrogen-bond acceptors (Lipinski definition) is 14. The van der Waals surface area contributed by atoms with Gasteiger partial charge in [-0.3, -0.25) is 0 Å². The first-order valence-corrected chi connectivity index (χ1v) is 23.9. The molecule has 0 aromatic rings. The maximum absolute atomic E-state index is 5.01. The van der Waals surface area contributed by atoms with E-state index in [1.165, 1.54) is 117 Å². The molecule has 3 aliphatic rings. The van der Waals surface area contributed by atoms with Gasteiger partial charge in [0.1, 0.15) is 0 Å². The van der Waals surface area contributed by atoms with Crippen LogP contribution in [0, 0.1) is 0 Å². The molecule has 0 atom stereocenters. The van der Waals surface area contributed by atoms with Crippen LogP contribution in [0.1, 0.15) is 66.2 Å². The van der Waals surface area contributed by atoms with Gasteiger partial charge >= 0.3 is 50.6 Å². The molecule has 0 unspecified atom stereocenters. The summed E-state index contributed by atoms with van der Waals surface area (Å²) in [4.78, 5) is 15.0. The van der Waals surface area contributed by atoms with Crippen LogP contribution in [0.3, 0.4) is 0 Å². The van der Waals surface area contributed by atoms with Gasteiger partial charge in [-0.1, -0.05) is 0 Å². The monoisotopic (exact) mass is 1300 g/mol. The van der Waals surface area contributed by atoms with Crippen LogP contribution in [0.5, 0.6) is 0 Å². The van der Waals surface area contributed by atoms with Crippen molar-refractivity contribution in [2.24, 2.45) is 0 Å². The summed E-state index contributed by atoms with van der Waals surface area (Å²) in [5.74, 6) is 5.23. The van der Waals surface area contributed by atoms with Crippen molar-refractivity contribution in [3.8, 4) is 0 Å². The quantitative estimate of drug-likeness (QED) is 0.121. The van der Waals surface area contributed by atoms with Crippen LogP contribution in [0.25, 0.3) is 0 Å². The molecule has 8 nitrogen and oxygen atoms in total. The van der Waals surface area contributed by atoms with E-state index in [1.807, 2.05) is 27.7 Å². The van der Waals surface area contributed by atoms with Gasteiger partial charge in [-0.15, -0.1) is 0 Å². The number of halogens is 2. The van der Waals surface area contributed by atoms with Crippen LogP contribution in [0.4, 0.5) is 0 Å².